The van der Waals surface area contributed by atoms with Gasteiger partial charge in [0, 0.05) is 31.4 Å². The summed E-state index contributed by atoms with van der Waals surface area (Å²) in [6, 6.07) is 13.7. The number of rotatable bonds is 6. The predicted octanol–water partition coefficient (Wildman–Crippen LogP) is 3.74. The van der Waals surface area contributed by atoms with E-state index in [9.17, 15) is 18.8 Å². The first-order valence-electron chi connectivity index (χ1n) is 11.3. The minimum atomic E-state index is -0.779. The van der Waals surface area contributed by atoms with E-state index in [4.69, 9.17) is 0 Å². The third-order valence-electron chi connectivity index (χ3n) is 6.11. The Hall–Kier alpha value is -3.42. The molecule has 7 nitrogen and oxygen atoms in total. The molecule has 0 aromatic heterocycles. The molecule has 0 radical (unpaired) electrons. The van der Waals surface area contributed by atoms with Crippen LogP contribution in [0.3, 0.4) is 0 Å². The Kier molecular flexibility index (Phi) is 8.03. The molecule has 4 amide bonds. The van der Waals surface area contributed by atoms with Gasteiger partial charge in [0.2, 0.25) is 5.91 Å². The van der Waals surface area contributed by atoms with Gasteiger partial charge in [0.15, 0.2) is 0 Å². The lowest BCUT2D eigenvalue weighted by atomic mass is 9.96. The highest BCUT2D eigenvalue weighted by atomic mass is 19.1. The van der Waals surface area contributed by atoms with Crippen LogP contribution in [0.5, 0.6) is 0 Å². The van der Waals surface area contributed by atoms with Crippen molar-refractivity contribution in [2.24, 2.45) is 5.92 Å². The number of nitrogens with zero attached hydrogens (tertiary/aromatic N) is 2. The normalized spacial score (nSPS) is 17.8. The summed E-state index contributed by atoms with van der Waals surface area (Å²) in [6.45, 7) is 6.80. The Morgan fingerprint density at radius 1 is 1.06 bits per heavy atom. The third-order valence-corrected chi connectivity index (χ3v) is 6.11. The van der Waals surface area contributed by atoms with Crippen molar-refractivity contribution < 1.29 is 18.8 Å². The Labute approximate surface area is 193 Å². The molecule has 3 unspecified atom stereocenters. The molecule has 1 heterocycles. The summed E-state index contributed by atoms with van der Waals surface area (Å²) in [5.74, 6) is -1.59. The number of piperazine rings is 1. The number of nitrogens with one attached hydrogen (secondary N) is 2. The minimum absolute atomic E-state index is 0.0885. The molecule has 176 valence electrons. The number of carbonyl (C=O) groups excluding carboxylic acids is 3. The van der Waals surface area contributed by atoms with E-state index in [1.54, 1.807) is 15.9 Å². The third kappa shape index (κ3) is 5.88. The number of hydrogen-bond donors (Lipinski definition) is 2. The van der Waals surface area contributed by atoms with E-state index in [2.05, 4.69) is 10.6 Å². The standard InChI is InChI=1S/C25H31FN4O3/c1-4-17(2)22(28-23(31)20-12-8-9-13-21(20)26)24(32)29-14-15-30(18(3)16-29)25(33)27-19-10-6-5-7-11-19/h5-13,17-18,22H,4,14-16H2,1-3H3,(H,27,33)(H,28,31). The summed E-state index contributed by atoms with van der Waals surface area (Å²) >= 11 is 0. The lowest BCUT2D eigenvalue weighted by Gasteiger charge is -2.41. The van der Waals surface area contributed by atoms with Gasteiger partial charge in [-0.2, -0.15) is 0 Å². The number of benzene rings is 2. The van der Waals surface area contributed by atoms with Crippen LogP contribution >= 0.6 is 0 Å². The highest BCUT2D eigenvalue weighted by Crippen LogP contribution is 2.18. The van der Waals surface area contributed by atoms with E-state index >= 15 is 0 Å². The zero-order chi connectivity index (χ0) is 24.0. The smallest absolute Gasteiger partial charge is 0.322 e. The summed E-state index contributed by atoms with van der Waals surface area (Å²) in [4.78, 5) is 42.1. The largest absolute Gasteiger partial charge is 0.340 e. The van der Waals surface area contributed by atoms with Gasteiger partial charge in [-0.25, -0.2) is 9.18 Å². The van der Waals surface area contributed by atoms with E-state index in [-0.39, 0.29) is 29.5 Å². The van der Waals surface area contributed by atoms with E-state index < -0.39 is 17.8 Å². The van der Waals surface area contributed by atoms with Crippen molar-refractivity contribution in [2.75, 3.05) is 25.0 Å². The fourth-order valence-corrected chi connectivity index (χ4v) is 3.92. The molecule has 33 heavy (non-hydrogen) atoms. The van der Waals surface area contributed by atoms with E-state index in [0.29, 0.717) is 31.7 Å². The Balaban J connectivity index is 1.66. The second-order valence-electron chi connectivity index (χ2n) is 8.44. The zero-order valence-electron chi connectivity index (χ0n) is 19.3. The molecule has 2 aromatic rings. The Morgan fingerprint density at radius 3 is 2.36 bits per heavy atom. The highest BCUT2D eigenvalue weighted by Gasteiger charge is 2.35. The molecule has 2 aromatic carbocycles. The van der Waals surface area contributed by atoms with Crippen LogP contribution in [0.25, 0.3) is 0 Å². The summed E-state index contributed by atoms with van der Waals surface area (Å²) in [7, 11) is 0. The van der Waals surface area contributed by atoms with Gasteiger partial charge in [0.05, 0.1) is 5.56 Å². The Bertz CT molecular complexity index is 985. The predicted molar refractivity (Wildman–Crippen MR) is 125 cm³/mol. The van der Waals surface area contributed by atoms with Crippen LogP contribution in [0.2, 0.25) is 0 Å². The molecule has 2 N–H and O–H groups in total. The molecule has 3 atom stereocenters. The van der Waals surface area contributed by atoms with Gasteiger partial charge in [-0.1, -0.05) is 50.6 Å². The number of carbonyl (C=O) groups is 3. The topological polar surface area (TPSA) is 81.8 Å². The number of urea groups is 1. The lowest BCUT2D eigenvalue weighted by Crippen LogP contribution is -2.60. The first-order valence-corrected chi connectivity index (χ1v) is 11.3. The van der Waals surface area contributed by atoms with Crippen molar-refractivity contribution in [1.29, 1.82) is 0 Å². The van der Waals surface area contributed by atoms with Crippen molar-refractivity contribution in [1.82, 2.24) is 15.1 Å². The SMILES string of the molecule is CCC(C)C(NC(=O)c1ccccc1F)C(=O)N1CCN(C(=O)Nc2ccccc2)C(C)C1. The molecule has 1 aliphatic rings. The fraction of sp³-hybridized carbons (Fsp3) is 0.400. The van der Waals surface area contributed by atoms with Crippen molar-refractivity contribution in [3.63, 3.8) is 0 Å². The quantitative estimate of drug-likeness (QED) is 0.698. The monoisotopic (exact) mass is 454 g/mol. The van der Waals surface area contributed by atoms with Gasteiger partial charge in [-0.15, -0.1) is 0 Å². The van der Waals surface area contributed by atoms with Crippen molar-refractivity contribution in [3.8, 4) is 0 Å². The molecule has 8 heteroatoms. The fourth-order valence-electron chi connectivity index (χ4n) is 3.92. The zero-order valence-corrected chi connectivity index (χ0v) is 19.3. The van der Waals surface area contributed by atoms with Gasteiger partial charge in [-0.05, 0) is 37.1 Å². The molecule has 3 rings (SSSR count). The average Bonchev–Trinajstić information content (AvgIpc) is 2.82. The maximum atomic E-state index is 14.1. The summed E-state index contributed by atoms with van der Waals surface area (Å²) in [6.07, 6.45) is 0.670. The minimum Gasteiger partial charge on any atom is -0.340 e. The first kappa shape index (κ1) is 24.2. The van der Waals surface area contributed by atoms with Crippen LogP contribution in [0.15, 0.2) is 54.6 Å². The molecule has 1 fully saturated rings. The van der Waals surface area contributed by atoms with Crippen LogP contribution in [0.1, 0.15) is 37.6 Å². The second-order valence-corrected chi connectivity index (χ2v) is 8.44. The van der Waals surface area contributed by atoms with E-state index in [0.717, 1.165) is 0 Å². The number of hydrogen-bond acceptors (Lipinski definition) is 3. The van der Waals surface area contributed by atoms with Crippen LogP contribution in [-0.2, 0) is 4.79 Å². The summed E-state index contributed by atoms with van der Waals surface area (Å²) in [5, 5.41) is 5.62. The number of para-hydroxylation sites is 1. The summed E-state index contributed by atoms with van der Waals surface area (Å²) in [5.41, 5.74) is 0.621. The molecular weight excluding hydrogens is 423 g/mol. The van der Waals surface area contributed by atoms with Gasteiger partial charge < -0.3 is 20.4 Å². The van der Waals surface area contributed by atoms with Crippen molar-refractivity contribution in [3.05, 3.63) is 66.0 Å². The summed E-state index contributed by atoms with van der Waals surface area (Å²) < 4.78 is 14.1. The Morgan fingerprint density at radius 2 is 1.73 bits per heavy atom. The molecule has 0 saturated carbocycles. The van der Waals surface area contributed by atoms with Gasteiger partial charge >= 0.3 is 6.03 Å². The maximum absolute atomic E-state index is 14.1. The van der Waals surface area contributed by atoms with E-state index in [1.165, 1.54) is 18.2 Å². The number of amides is 4. The van der Waals surface area contributed by atoms with Crippen molar-refractivity contribution in [2.45, 2.75) is 39.3 Å². The van der Waals surface area contributed by atoms with Crippen LogP contribution in [-0.4, -0.2) is 59.4 Å². The van der Waals surface area contributed by atoms with E-state index in [1.807, 2.05) is 51.1 Å². The molecule has 0 aliphatic carbocycles. The van der Waals surface area contributed by atoms with Crippen molar-refractivity contribution >= 4 is 23.5 Å². The first-order chi connectivity index (χ1) is 15.8. The molecule has 0 spiro atoms. The van der Waals surface area contributed by atoms with Crippen LogP contribution in [0, 0.1) is 11.7 Å². The highest BCUT2D eigenvalue weighted by molar-refractivity contribution is 5.98. The number of halogens is 1. The molecule has 1 aliphatic heterocycles. The molecular formula is C25H31FN4O3. The second kappa shape index (κ2) is 10.9. The molecule has 1 saturated heterocycles. The van der Waals surface area contributed by atoms with Crippen LogP contribution < -0.4 is 10.6 Å². The maximum Gasteiger partial charge on any atom is 0.322 e. The van der Waals surface area contributed by atoms with Crippen LogP contribution in [0.4, 0.5) is 14.9 Å². The average molecular weight is 455 g/mol. The van der Waals surface area contributed by atoms with Gasteiger partial charge in [0.25, 0.3) is 5.91 Å². The number of anilines is 1. The lowest BCUT2D eigenvalue weighted by molar-refractivity contribution is -0.136. The molecule has 0 bridgehead atoms. The van der Waals surface area contributed by atoms with Gasteiger partial charge in [0.1, 0.15) is 11.9 Å². The van der Waals surface area contributed by atoms with Gasteiger partial charge in [-0.3, -0.25) is 9.59 Å².